The second-order valence-corrected chi connectivity index (χ2v) is 6.82. The van der Waals surface area contributed by atoms with Crippen molar-refractivity contribution in [1.82, 2.24) is 19.5 Å². The molecule has 0 saturated heterocycles. The van der Waals surface area contributed by atoms with Crippen molar-refractivity contribution in [2.24, 2.45) is 0 Å². The van der Waals surface area contributed by atoms with Gasteiger partial charge in [-0.25, -0.2) is 15.0 Å². The first-order chi connectivity index (χ1) is 14.6. The fraction of sp³-hybridized carbons (Fsp3) is 0.350. The summed E-state index contributed by atoms with van der Waals surface area (Å²) in [7, 11) is 0. The van der Waals surface area contributed by atoms with Gasteiger partial charge in [0.15, 0.2) is 11.5 Å². The zero-order chi connectivity index (χ0) is 21.1. The Kier molecular flexibility index (Phi) is 5.46. The third-order valence-corrected chi connectivity index (χ3v) is 4.81. The summed E-state index contributed by atoms with van der Waals surface area (Å²) < 4.78 is 13.1. The maximum Gasteiger partial charge on any atom is 0.262 e. The number of carbonyl (C=O) groups excluding carboxylic acids is 1. The molecule has 0 atom stereocenters. The molecule has 1 aliphatic heterocycles. The van der Waals surface area contributed by atoms with Gasteiger partial charge in [0.05, 0.1) is 24.2 Å². The lowest BCUT2D eigenvalue weighted by molar-refractivity contribution is 0.102. The van der Waals surface area contributed by atoms with Gasteiger partial charge >= 0.3 is 0 Å². The van der Waals surface area contributed by atoms with E-state index in [9.17, 15) is 9.59 Å². The fourth-order valence-electron chi connectivity index (χ4n) is 3.25. The van der Waals surface area contributed by atoms with Gasteiger partial charge in [0.1, 0.15) is 5.52 Å². The van der Waals surface area contributed by atoms with Crippen molar-refractivity contribution in [2.75, 3.05) is 24.3 Å². The first kappa shape index (κ1) is 19.6. The van der Waals surface area contributed by atoms with E-state index in [4.69, 9.17) is 15.2 Å². The highest BCUT2D eigenvalue weighted by atomic mass is 16.5. The molecule has 10 heteroatoms. The molecule has 0 radical (unpaired) electrons. The lowest BCUT2D eigenvalue weighted by atomic mass is 10.2. The van der Waals surface area contributed by atoms with Crippen molar-refractivity contribution in [3.8, 4) is 11.5 Å². The van der Waals surface area contributed by atoms with Crippen LogP contribution in [0.4, 0.5) is 11.9 Å². The summed E-state index contributed by atoms with van der Waals surface area (Å²) >= 11 is 0. The third-order valence-electron chi connectivity index (χ3n) is 4.81. The van der Waals surface area contributed by atoms with Crippen molar-refractivity contribution < 1.29 is 14.3 Å². The molecule has 10 nitrogen and oxygen atoms in total. The first-order valence-corrected chi connectivity index (χ1v) is 9.80. The highest BCUT2D eigenvalue weighted by Crippen LogP contribution is 2.35. The Bertz CT molecular complexity index is 1140. The number of nitrogens with zero attached hydrogens (tertiary/aromatic N) is 4. The minimum absolute atomic E-state index is 0.0625. The maximum atomic E-state index is 13.1. The second-order valence-electron chi connectivity index (χ2n) is 6.82. The number of hydrogen-bond donors (Lipinski definition) is 2. The summed E-state index contributed by atoms with van der Waals surface area (Å²) in [6, 6.07) is 3.41. The summed E-state index contributed by atoms with van der Waals surface area (Å²) in [5.74, 6) is 0.619. The maximum absolute atomic E-state index is 13.1. The number of nitrogens with two attached hydrogens (primary N) is 1. The van der Waals surface area contributed by atoms with Crippen LogP contribution in [-0.2, 0) is 6.54 Å². The van der Waals surface area contributed by atoms with Gasteiger partial charge in [-0.15, -0.1) is 0 Å². The molecule has 0 fully saturated rings. The van der Waals surface area contributed by atoms with E-state index in [2.05, 4.69) is 20.3 Å². The fourth-order valence-corrected chi connectivity index (χ4v) is 3.25. The number of benzene rings is 1. The number of rotatable bonds is 3. The van der Waals surface area contributed by atoms with E-state index in [0.717, 1.165) is 19.3 Å². The second kappa shape index (κ2) is 8.36. The molecule has 1 aliphatic rings. The standard InChI is InChI=1S/C20H22N6O4/c1-2-26-18(28)13-6-7-14-16(30-9-5-3-4-8-29-14)15(13)24-20(26)25-17(27)12-10-22-19(21)23-11-12/h6-7,10-11H,2-5,8-9H2,1H3,(H2,21,22,23)(H,24,25,27). The van der Waals surface area contributed by atoms with E-state index in [1.807, 2.05) is 0 Å². The lowest BCUT2D eigenvalue weighted by Gasteiger charge is -2.16. The molecule has 4 rings (SSSR count). The predicted molar refractivity (Wildman–Crippen MR) is 111 cm³/mol. The minimum Gasteiger partial charge on any atom is -0.490 e. The summed E-state index contributed by atoms with van der Waals surface area (Å²) in [4.78, 5) is 37.9. The molecule has 3 heterocycles. The van der Waals surface area contributed by atoms with E-state index >= 15 is 0 Å². The lowest BCUT2D eigenvalue weighted by Crippen LogP contribution is -2.27. The Balaban J connectivity index is 1.81. The number of amides is 1. The molecule has 0 saturated carbocycles. The number of ether oxygens (including phenoxy) is 2. The van der Waals surface area contributed by atoms with E-state index in [0.29, 0.717) is 42.2 Å². The van der Waals surface area contributed by atoms with Crippen LogP contribution in [0.1, 0.15) is 36.5 Å². The normalized spacial score (nSPS) is 13.9. The first-order valence-electron chi connectivity index (χ1n) is 9.80. The van der Waals surface area contributed by atoms with E-state index < -0.39 is 5.91 Å². The molecule has 0 aliphatic carbocycles. The molecular weight excluding hydrogens is 388 g/mol. The van der Waals surface area contributed by atoms with Crippen LogP contribution in [0.15, 0.2) is 29.3 Å². The largest absolute Gasteiger partial charge is 0.490 e. The van der Waals surface area contributed by atoms with Crippen molar-refractivity contribution in [3.63, 3.8) is 0 Å². The number of nitrogens with one attached hydrogen (secondary N) is 1. The Morgan fingerprint density at radius 1 is 1.17 bits per heavy atom. The van der Waals surface area contributed by atoms with Crippen LogP contribution in [0.2, 0.25) is 0 Å². The van der Waals surface area contributed by atoms with E-state index in [1.165, 1.54) is 17.0 Å². The van der Waals surface area contributed by atoms with Gasteiger partial charge in [0.2, 0.25) is 11.9 Å². The van der Waals surface area contributed by atoms with Gasteiger partial charge in [-0.2, -0.15) is 0 Å². The quantitative estimate of drug-likeness (QED) is 0.669. The minimum atomic E-state index is -0.503. The zero-order valence-electron chi connectivity index (χ0n) is 16.6. The van der Waals surface area contributed by atoms with Crippen LogP contribution in [0.25, 0.3) is 10.9 Å². The van der Waals surface area contributed by atoms with Crippen molar-refractivity contribution >= 4 is 28.7 Å². The van der Waals surface area contributed by atoms with Gasteiger partial charge in [-0.1, -0.05) is 0 Å². The van der Waals surface area contributed by atoms with Crippen LogP contribution < -0.4 is 26.1 Å². The summed E-state index contributed by atoms with van der Waals surface area (Å²) in [5.41, 5.74) is 5.74. The molecule has 30 heavy (non-hydrogen) atoms. The zero-order valence-corrected chi connectivity index (χ0v) is 16.6. The molecule has 156 valence electrons. The van der Waals surface area contributed by atoms with Crippen molar-refractivity contribution in [2.45, 2.75) is 32.7 Å². The number of nitrogen functional groups attached to an aromatic ring is 1. The van der Waals surface area contributed by atoms with Crippen LogP contribution in [0, 0.1) is 0 Å². The van der Waals surface area contributed by atoms with Crippen molar-refractivity contribution in [1.29, 1.82) is 0 Å². The summed E-state index contributed by atoms with van der Waals surface area (Å²) in [6.45, 7) is 3.19. The van der Waals surface area contributed by atoms with E-state index in [1.54, 1.807) is 19.1 Å². The van der Waals surface area contributed by atoms with Crippen LogP contribution in [0.3, 0.4) is 0 Å². The van der Waals surface area contributed by atoms with Crippen LogP contribution in [-0.4, -0.2) is 38.6 Å². The monoisotopic (exact) mass is 410 g/mol. The van der Waals surface area contributed by atoms with Gasteiger partial charge in [0, 0.05) is 18.9 Å². The van der Waals surface area contributed by atoms with Crippen molar-refractivity contribution in [3.05, 3.63) is 40.4 Å². The van der Waals surface area contributed by atoms with Gasteiger partial charge in [-0.3, -0.25) is 19.5 Å². The average Bonchev–Trinajstić information content (AvgIpc) is 2.86. The molecular formula is C20H22N6O4. The molecule has 3 N–H and O–H groups in total. The van der Waals surface area contributed by atoms with Gasteiger partial charge in [0.25, 0.3) is 11.5 Å². The highest BCUT2D eigenvalue weighted by Gasteiger charge is 2.20. The van der Waals surface area contributed by atoms with Crippen LogP contribution in [0.5, 0.6) is 11.5 Å². The van der Waals surface area contributed by atoms with Gasteiger partial charge < -0.3 is 15.2 Å². The number of fused-ring (bicyclic) bond motifs is 3. The number of aromatic nitrogens is 4. The highest BCUT2D eigenvalue weighted by molar-refractivity contribution is 6.03. The smallest absolute Gasteiger partial charge is 0.262 e. The van der Waals surface area contributed by atoms with Gasteiger partial charge in [-0.05, 0) is 38.3 Å². The van der Waals surface area contributed by atoms with E-state index in [-0.39, 0.29) is 23.0 Å². The topological polar surface area (TPSA) is 134 Å². The Labute approximate surface area is 172 Å². The Hall–Kier alpha value is -3.69. The number of anilines is 2. The molecule has 0 spiro atoms. The molecule has 0 unspecified atom stereocenters. The molecule has 1 amide bonds. The predicted octanol–water partition coefficient (Wildman–Crippen LogP) is 1.98. The molecule has 0 bridgehead atoms. The molecule has 3 aromatic rings. The Morgan fingerprint density at radius 2 is 1.90 bits per heavy atom. The molecule has 2 aromatic heterocycles. The van der Waals surface area contributed by atoms with Crippen LogP contribution >= 0.6 is 0 Å². The average molecular weight is 410 g/mol. The summed E-state index contributed by atoms with van der Waals surface area (Å²) in [5, 5.41) is 3.07. The Morgan fingerprint density at radius 3 is 2.63 bits per heavy atom. The third kappa shape index (κ3) is 3.76. The molecule has 1 aromatic carbocycles. The number of hydrogen-bond acceptors (Lipinski definition) is 8. The number of carbonyl (C=O) groups is 1. The summed E-state index contributed by atoms with van der Waals surface area (Å²) in [6.07, 6.45) is 5.42. The SMILES string of the molecule is CCn1c(NC(=O)c2cnc(N)nc2)nc2c3c(ccc2c1=O)OCCCCCO3.